The molecule has 0 heterocycles. The van der Waals surface area contributed by atoms with E-state index in [4.69, 9.17) is 11.6 Å². The molecule has 0 aliphatic rings. The first-order valence-electron chi connectivity index (χ1n) is 10.2. The van der Waals surface area contributed by atoms with E-state index in [0.717, 1.165) is 36.4 Å². The number of benzene rings is 3. The van der Waals surface area contributed by atoms with Crippen LogP contribution in [-0.4, -0.2) is 11.8 Å². The molecule has 0 radical (unpaired) electrons. The summed E-state index contributed by atoms with van der Waals surface area (Å²) in [6, 6.07) is 13.0. The average molecular weight is 525 g/mol. The quantitative estimate of drug-likeness (QED) is 0.235. The fourth-order valence-corrected chi connectivity index (χ4v) is 3.14. The lowest BCUT2D eigenvalue weighted by molar-refractivity contribution is -0.113. The summed E-state index contributed by atoms with van der Waals surface area (Å²) in [5, 5.41) is 23.3. The molecule has 0 spiro atoms. The zero-order valence-corrected chi connectivity index (χ0v) is 19.2. The second-order valence-corrected chi connectivity index (χ2v) is 7.70. The van der Waals surface area contributed by atoms with Crippen molar-refractivity contribution in [3.05, 3.63) is 105 Å². The SMILES string of the molecule is N#CC(=Cc1ccc(F)c(F)c1)C(=O)Nc1ccc(NC(=O)C(C#N)=Cc2ccc(F)c(F)c2)c(Cl)c1. The Morgan fingerprint density at radius 1 is 0.703 bits per heavy atom. The van der Waals surface area contributed by atoms with Gasteiger partial charge in [-0.25, -0.2) is 17.6 Å². The molecule has 0 aliphatic heterocycles. The van der Waals surface area contributed by atoms with Crippen LogP contribution in [0.25, 0.3) is 12.2 Å². The Morgan fingerprint density at radius 2 is 1.19 bits per heavy atom. The molecule has 0 saturated carbocycles. The summed E-state index contributed by atoms with van der Waals surface area (Å²) in [4.78, 5) is 24.9. The van der Waals surface area contributed by atoms with E-state index in [2.05, 4.69) is 10.6 Å². The van der Waals surface area contributed by atoms with Gasteiger partial charge in [0.25, 0.3) is 11.8 Å². The van der Waals surface area contributed by atoms with Crippen LogP contribution in [0.15, 0.2) is 65.7 Å². The summed E-state index contributed by atoms with van der Waals surface area (Å²) >= 11 is 6.16. The number of nitrogens with zero attached hydrogens (tertiary/aromatic N) is 2. The maximum atomic E-state index is 13.4. The number of carbonyl (C=O) groups is 2. The molecule has 3 rings (SSSR count). The van der Waals surface area contributed by atoms with E-state index in [-0.39, 0.29) is 27.5 Å². The summed E-state index contributed by atoms with van der Waals surface area (Å²) in [7, 11) is 0. The maximum absolute atomic E-state index is 13.4. The molecule has 184 valence electrons. The van der Waals surface area contributed by atoms with Crippen LogP contribution >= 0.6 is 11.6 Å². The number of rotatable bonds is 6. The van der Waals surface area contributed by atoms with Crippen LogP contribution < -0.4 is 10.6 Å². The van der Waals surface area contributed by atoms with Crippen molar-refractivity contribution in [2.45, 2.75) is 0 Å². The molecule has 0 aromatic heterocycles. The van der Waals surface area contributed by atoms with Crippen molar-refractivity contribution >= 4 is 46.9 Å². The Morgan fingerprint density at radius 3 is 1.62 bits per heavy atom. The lowest BCUT2D eigenvalue weighted by atomic mass is 10.1. The topological polar surface area (TPSA) is 106 Å². The molecule has 2 amide bonds. The van der Waals surface area contributed by atoms with Gasteiger partial charge in [-0.3, -0.25) is 9.59 Å². The van der Waals surface area contributed by atoms with Crippen LogP contribution in [0, 0.1) is 45.9 Å². The molecule has 3 aromatic carbocycles. The Bertz CT molecular complexity index is 1560. The second-order valence-electron chi connectivity index (χ2n) is 7.29. The van der Waals surface area contributed by atoms with Crippen LogP contribution in [0.2, 0.25) is 5.02 Å². The number of halogens is 5. The van der Waals surface area contributed by atoms with E-state index >= 15 is 0 Å². The highest BCUT2D eigenvalue weighted by atomic mass is 35.5. The first kappa shape index (κ1) is 26.7. The molecule has 0 saturated heterocycles. The number of carbonyl (C=O) groups excluding carboxylic acids is 2. The molecular formula is C26H13ClF4N4O2. The van der Waals surface area contributed by atoms with Crippen molar-refractivity contribution < 1.29 is 27.2 Å². The number of nitrogens with one attached hydrogen (secondary N) is 2. The van der Waals surface area contributed by atoms with Gasteiger partial charge in [-0.15, -0.1) is 0 Å². The van der Waals surface area contributed by atoms with Crippen molar-refractivity contribution in [3.8, 4) is 12.1 Å². The molecule has 3 aromatic rings. The Hall–Kier alpha value is -4.93. The third-order valence-electron chi connectivity index (χ3n) is 4.71. The van der Waals surface area contributed by atoms with Crippen molar-refractivity contribution in [1.29, 1.82) is 10.5 Å². The molecule has 0 unspecified atom stereocenters. The minimum absolute atomic E-state index is 0.0423. The fraction of sp³-hybridized carbons (Fsp3) is 0. The number of hydrogen-bond acceptors (Lipinski definition) is 4. The second kappa shape index (κ2) is 11.7. The number of anilines is 2. The standard InChI is InChI=1S/C26H13ClF4N4O2/c27-19-11-18(34-25(36)16(12-32)7-14-1-4-20(28)22(30)9-14)3-6-24(19)35-26(37)17(13-33)8-15-2-5-21(29)23(31)10-15/h1-11H,(H,34,36)(H,35,37). The molecule has 2 N–H and O–H groups in total. The van der Waals surface area contributed by atoms with Crippen molar-refractivity contribution in [2.24, 2.45) is 0 Å². The van der Waals surface area contributed by atoms with E-state index in [1.165, 1.54) is 30.3 Å². The average Bonchev–Trinajstić information content (AvgIpc) is 2.86. The monoisotopic (exact) mass is 524 g/mol. The normalized spacial score (nSPS) is 11.3. The van der Waals surface area contributed by atoms with Crippen molar-refractivity contribution in [2.75, 3.05) is 10.6 Å². The van der Waals surface area contributed by atoms with Gasteiger partial charge in [0.1, 0.15) is 23.3 Å². The highest BCUT2D eigenvalue weighted by molar-refractivity contribution is 6.34. The summed E-state index contributed by atoms with van der Waals surface area (Å²) < 4.78 is 52.9. The van der Waals surface area contributed by atoms with Crippen LogP contribution in [0.3, 0.4) is 0 Å². The fourth-order valence-electron chi connectivity index (χ4n) is 2.92. The largest absolute Gasteiger partial charge is 0.321 e. The van der Waals surface area contributed by atoms with Crippen LogP contribution in [0.1, 0.15) is 11.1 Å². The Balaban J connectivity index is 1.74. The third-order valence-corrected chi connectivity index (χ3v) is 5.03. The summed E-state index contributed by atoms with van der Waals surface area (Å²) in [6.07, 6.45) is 2.12. The first-order valence-corrected chi connectivity index (χ1v) is 10.5. The minimum Gasteiger partial charge on any atom is -0.321 e. The van der Waals surface area contributed by atoms with Gasteiger partial charge < -0.3 is 10.6 Å². The van der Waals surface area contributed by atoms with Crippen LogP contribution in [0.4, 0.5) is 28.9 Å². The van der Waals surface area contributed by atoms with E-state index in [1.54, 1.807) is 12.1 Å². The first-order chi connectivity index (χ1) is 17.6. The van der Waals surface area contributed by atoms with Crippen LogP contribution in [0.5, 0.6) is 0 Å². The van der Waals surface area contributed by atoms with E-state index in [0.29, 0.717) is 0 Å². The lowest BCUT2D eigenvalue weighted by Crippen LogP contribution is -2.15. The van der Waals surface area contributed by atoms with E-state index in [9.17, 15) is 37.7 Å². The zero-order valence-electron chi connectivity index (χ0n) is 18.5. The molecule has 0 atom stereocenters. The maximum Gasteiger partial charge on any atom is 0.266 e. The number of hydrogen-bond donors (Lipinski definition) is 2. The summed E-state index contributed by atoms with van der Waals surface area (Å²) in [5.74, 6) is -6.20. The van der Waals surface area contributed by atoms with Gasteiger partial charge in [-0.2, -0.15) is 10.5 Å². The van der Waals surface area contributed by atoms with Crippen molar-refractivity contribution in [1.82, 2.24) is 0 Å². The highest BCUT2D eigenvalue weighted by Gasteiger charge is 2.15. The highest BCUT2D eigenvalue weighted by Crippen LogP contribution is 2.27. The molecule has 0 bridgehead atoms. The van der Waals surface area contributed by atoms with E-state index in [1.807, 2.05) is 0 Å². The zero-order chi connectivity index (χ0) is 27.1. The lowest BCUT2D eigenvalue weighted by Gasteiger charge is -2.10. The molecule has 6 nitrogen and oxygen atoms in total. The molecule has 0 fully saturated rings. The van der Waals surface area contributed by atoms with Gasteiger partial charge in [0.05, 0.1) is 10.7 Å². The van der Waals surface area contributed by atoms with Gasteiger partial charge in [-0.05, 0) is 65.7 Å². The number of amides is 2. The van der Waals surface area contributed by atoms with Gasteiger partial charge in [-0.1, -0.05) is 23.7 Å². The molecular weight excluding hydrogens is 512 g/mol. The van der Waals surface area contributed by atoms with E-state index < -0.39 is 46.2 Å². The molecule has 37 heavy (non-hydrogen) atoms. The van der Waals surface area contributed by atoms with Crippen LogP contribution in [-0.2, 0) is 9.59 Å². The predicted octanol–water partition coefficient (Wildman–Crippen LogP) is 5.99. The summed E-state index contributed by atoms with van der Waals surface area (Å²) in [6.45, 7) is 0. The van der Waals surface area contributed by atoms with Gasteiger partial charge >= 0.3 is 0 Å². The summed E-state index contributed by atoms with van der Waals surface area (Å²) in [5.41, 5.74) is -0.446. The van der Waals surface area contributed by atoms with Crippen molar-refractivity contribution in [3.63, 3.8) is 0 Å². The molecule has 11 heteroatoms. The Kier molecular flexibility index (Phi) is 8.41. The van der Waals surface area contributed by atoms with Gasteiger partial charge in [0.15, 0.2) is 23.3 Å². The van der Waals surface area contributed by atoms with Gasteiger partial charge in [0.2, 0.25) is 0 Å². The number of nitriles is 2. The molecule has 0 aliphatic carbocycles. The third kappa shape index (κ3) is 6.82. The Labute approximate surface area is 212 Å². The predicted molar refractivity (Wildman–Crippen MR) is 129 cm³/mol. The smallest absolute Gasteiger partial charge is 0.266 e. The minimum atomic E-state index is -1.15. The van der Waals surface area contributed by atoms with Gasteiger partial charge in [0, 0.05) is 5.69 Å².